The van der Waals surface area contributed by atoms with E-state index in [-0.39, 0.29) is 0 Å². The van der Waals surface area contributed by atoms with E-state index in [0.29, 0.717) is 5.92 Å². The third-order valence-corrected chi connectivity index (χ3v) is 4.55. The molecular formula is C19H24N2. The maximum atomic E-state index is 5.92. The molecule has 0 aliphatic heterocycles. The molecule has 0 saturated carbocycles. The van der Waals surface area contributed by atoms with Crippen molar-refractivity contribution in [2.75, 3.05) is 18.0 Å². The lowest BCUT2D eigenvalue weighted by Gasteiger charge is -2.28. The lowest BCUT2D eigenvalue weighted by molar-refractivity contribution is 0.561. The van der Waals surface area contributed by atoms with Gasteiger partial charge in [-0.1, -0.05) is 24.3 Å². The van der Waals surface area contributed by atoms with Crippen molar-refractivity contribution >= 4 is 11.4 Å². The van der Waals surface area contributed by atoms with Crippen LogP contribution in [0.15, 0.2) is 48.5 Å². The molecule has 0 aromatic heterocycles. The zero-order valence-electron chi connectivity index (χ0n) is 12.8. The number of hydrogen-bond acceptors (Lipinski definition) is 2. The van der Waals surface area contributed by atoms with Gasteiger partial charge >= 0.3 is 0 Å². The molecule has 110 valence electrons. The van der Waals surface area contributed by atoms with E-state index >= 15 is 0 Å². The van der Waals surface area contributed by atoms with Crippen molar-refractivity contribution < 1.29 is 0 Å². The number of nitrogens with two attached hydrogens (primary N) is 1. The van der Waals surface area contributed by atoms with Crippen molar-refractivity contribution in [3.63, 3.8) is 0 Å². The highest BCUT2D eigenvalue weighted by Crippen LogP contribution is 2.35. The van der Waals surface area contributed by atoms with E-state index in [0.717, 1.165) is 13.1 Å². The molecule has 0 radical (unpaired) electrons. The van der Waals surface area contributed by atoms with E-state index < -0.39 is 0 Å². The fourth-order valence-electron chi connectivity index (χ4n) is 3.44. The zero-order valence-corrected chi connectivity index (χ0v) is 12.8. The zero-order chi connectivity index (χ0) is 14.7. The minimum Gasteiger partial charge on any atom is -0.342 e. The first-order valence-electron chi connectivity index (χ1n) is 7.99. The number of hydrogen-bond donors (Lipinski definition) is 1. The fraction of sp³-hybridized carbons (Fsp3) is 0.368. The number of benzene rings is 2. The maximum absolute atomic E-state index is 5.92. The van der Waals surface area contributed by atoms with Gasteiger partial charge in [0.1, 0.15) is 0 Å². The summed E-state index contributed by atoms with van der Waals surface area (Å²) in [5.41, 5.74) is 11.4. The highest BCUT2D eigenvalue weighted by Gasteiger charge is 2.20. The molecule has 0 bridgehead atoms. The lowest BCUT2D eigenvalue weighted by atomic mass is 9.82. The SMILES string of the molecule is CCN(c1ccccc1)c1ccc2c(c1)CCC[C@H]2CN. The van der Waals surface area contributed by atoms with Gasteiger partial charge in [0.2, 0.25) is 0 Å². The Kier molecular flexibility index (Phi) is 4.26. The topological polar surface area (TPSA) is 29.3 Å². The van der Waals surface area contributed by atoms with E-state index in [4.69, 9.17) is 5.73 Å². The third-order valence-electron chi connectivity index (χ3n) is 4.55. The Balaban J connectivity index is 1.96. The molecule has 2 aromatic rings. The lowest BCUT2D eigenvalue weighted by Crippen LogP contribution is -2.20. The van der Waals surface area contributed by atoms with Crippen LogP contribution in [-0.2, 0) is 6.42 Å². The summed E-state index contributed by atoms with van der Waals surface area (Å²) < 4.78 is 0. The Hall–Kier alpha value is -1.80. The number of aryl methyl sites for hydroxylation is 1. The number of rotatable bonds is 4. The van der Waals surface area contributed by atoms with Gasteiger partial charge in [0.25, 0.3) is 0 Å². The highest BCUT2D eigenvalue weighted by atomic mass is 15.1. The first kappa shape index (κ1) is 14.2. The molecule has 0 saturated heterocycles. The van der Waals surface area contributed by atoms with Crippen molar-refractivity contribution in [1.82, 2.24) is 0 Å². The van der Waals surface area contributed by atoms with Gasteiger partial charge in [-0.05, 0) is 74.0 Å². The van der Waals surface area contributed by atoms with Crippen LogP contribution in [0.25, 0.3) is 0 Å². The third kappa shape index (κ3) is 2.81. The molecular weight excluding hydrogens is 256 g/mol. The van der Waals surface area contributed by atoms with E-state index in [1.165, 1.54) is 41.8 Å². The minimum absolute atomic E-state index is 0.551. The van der Waals surface area contributed by atoms with Crippen LogP contribution in [0.3, 0.4) is 0 Å². The van der Waals surface area contributed by atoms with Gasteiger partial charge in [0, 0.05) is 17.9 Å². The monoisotopic (exact) mass is 280 g/mol. The Bertz CT molecular complexity index is 592. The summed E-state index contributed by atoms with van der Waals surface area (Å²) in [6.07, 6.45) is 3.68. The second-order valence-corrected chi connectivity index (χ2v) is 5.79. The number of nitrogens with zero attached hydrogens (tertiary/aromatic N) is 1. The number of fused-ring (bicyclic) bond motifs is 1. The van der Waals surface area contributed by atoms with E-state index in [9.17, 15) is 0 Å². The normalized spacial score (nSPS) is 17.3. The van der Waals surface area contributed by atoms with Gasteiger partial charge in [-0.25, -0.2) is 0 Å². The summed E-state index contributed by atoms with van der Waals surface area (Å²) >= 11 is 0. The smallest absolute Gasteiger partial charge is 0.0413 e. The Morgan fingerprint density at radius 3 is 2.62 bits per heavy atom. The standard InChI is InChI=1S/C19H24N2/c1-2-21(17-9-4-3-5-10-17)18-11-12-19-15(13-18)7-6-8-16(19)14-20/h3-5,9-13,16H,2,6-8,14,20H2,1H3/t16-/m0/s1. The summed E-state index contributed by atoms with van der Waals surface area (Å²) in [7, 11) is 0. The predicted octanol–water partition coefficient (Wildman–Crippen LogP) is 4.22. The first-order valence-corrected chi connectivity index (χ1v) is 7.99. The molecule has 2 N–H and O–H groups in total. The Morgan fingerprint density at radius 1 is 1.10 bits per heavy atom. The van der Waals surface area contributed by atoms with Crippen LogP contribution < -0.4 is 10.6 Å². The number of anilines is 2. The van der Waals surface area contributed by atoms with Crippen molar-refractivity contribution in [3.05, 3.63) is 59.7 Å². The maximum Gasteiger partial charge on any atom is 0.0413 e. The Morgan fingerprint density at radius 2 is 1.90 bits per heavy atom. The van der Waals surface area contributed by atoms with Gasteiger partial charge in [-0.2, -0.15) is 0 Å². The Labute approximate surface area is 127 Å². The van der Waals surface area contributed by atoms with E-state index in [1.54, 1.807) is 0 Å². The van der Waals surface area contributed by atoms with Gasteiger partial charge in [-0.3, -0.25) is 0 Å². The van der Waals surface area contributed by atoms with Crippen molar-refractivity contribution in [1.29, 1.82) is 0 Å². The average molecular weight is 280 g/mol. The van der Waals surface area contributed by atoms with Crippen LogP contribution in [0.2, 0.25) is 0 Å². The van der Waals surface area contributed by atoms with Crippen LogP contribution in [0.1, 0.15) is 36.8 Å². The van der Waals surface area contributed by atoms with Gasteiger partial charge in [0.05, 0.1) is 0 Å². The molecule has 0 unspecified atom stereocenters. The van der Waals surface area contributed by atoms with Gasteiger partial charge in [-0.15, -0.1) is 0 Å². The highest BCUT2D eigenvalue weighted by molar-refractivity contribution is 5.64. The number of para-hydroxylation sites is 1. The van der Waals surface area contributed by atoms with Crippen LogP contribution >= 0.6 is 0 Å². The van der Waals surface area contributed by atoms with Crippen LogP contribution in [0.5, 0.6) is 0 Å². The minimum atomic E-state index is 0.551. The van der Waals surface area contributed by atoms with Crippen molar-refractivity contribution in [2.45, 2.75) is 32.1 Å². The summed E-state index contributed by atoms with van der Waals surface area (Å²) in [4.78, 5) is 2.37. The molecule has 2 aromatic carbocycles. The predicted molar refractivity (Wildman–Crippen MR) is 90.3 cm³/mol. The van der Waals surface area contributed by atoms with Crippen LogP contribution in [-0.4, -0.2) is 13.1 Å². The van der Waals surface area contributed by atoms with Crippen LogP contribution in [0, 0.1) is 0 Å². The second-order valence-electron chi connectivity index (χ2n) is 5.79. The molecule has 2 heteroatoms. The first-order chi connectivity index (χ1) is 10.3. The quantitative estimate of drug-likeness (QED) is 0.908. The van der Waals surface area contributed by atoms with E-state index in [1.807, 2.05) is 0 Å². The molecule has 1 atom stereocenters. The van der Waals surface area contributed by atoms with E-state index in [2.05, 4.69) is 60.4 Å². The molecule has 2 nitrogen and oxygen atoms in total. The summed E-state index contributed by atoms with van der Waals surface area (Å²) in [5, 5.41) is 0. The van der Waals surface area contributed by atoms with Gasteiger partial charge in [0.15, 0.2) is 0 Å². The summed E-state index contributed by atoms with van der Waals surface area (Å²) in [6, 6.07) is 17.5. The average Bonchev–Trinajstić information content (AvgIpc) is 2.56. The molecule has 3 rings (SSSR count). The fourth-order valence-corrected chi connectivity index (χ4v) is 3.44. The summed E-state index contributed by atoms with van der Waals surface area (Å²) in [6.45, 7) is 3.95. The molecule has 0 amide bonds. The molecule has 0 heterocycles. The second kappa shape index (κ2) is 6.31. The van der Waals surface area contributed by atoms with Crippen LogP contribution in [0.4, 0.5) is 11.4 Å². The van der Waals surface area contributed by atoms with Crippen molar-refractivity contribution in [3.8, 4) is 0 Å². The van der Waals surface area contributed by atoms with Gasteiger partial charge < -0.3 is 10.6 Å². The molecule has 1 aliphatic rings. The molecule has 21 heavy (non-hydrogen) atoms. The molecule has 1 aliphatic carbocycles. The van der Waals surface area contributed by atoms with Crippen molar-refractivity contribution in [2.24, 2.45) is 5.73 Å². The largest absolute Gasteiger partial charge is 0.342 e. The summed E-state index contributed by atoms with van der Waals surface area (Å²) in [5.74, 6) is 0.551. The molecule has 0 spiro atoms. The molecule has 0 fully saturated rings.